The summed E-state index contributed by atoms with van der Waals surface area (Å²) in [5, 5.41) is 0.130. The molecule has 32 heavy (non-hydrogen) atoms. The van der Waals surface area contributed by atoms with Gasteiger partial charge in [-0.1, -0.05) is 30.1 Å². The van der Waals surface area contributed by atoms with Gasteiger partial charge in [-0.25, -0.2) is 14.4 Å². The number of nitrogens with one attached hydrogen (secondary N) is 1. The Bertz CT molecular complexity index is 1260. The molecule has 0 spiro atoms. The number of benzene rings is 1. The Morgan fingerprint density at radius 2 is 2.00 bits per heavy atom. The number of aromatic amines is 1. The van der Waals surface area contributed by atoms with Crippen LogP contribution in [0.5, 0.6) is 5.75 Å². The Morgan fingerprint density at radius 1 is 1.25 bits per heavy atom. The summed E-state index contributed by atoms with van der Waals surface area (Å²) < 4.78 is 21.4. The molecule has 0 saturated carbocycles. The Kier molecular flexibility index (Phi) is 5.92. The van der Waals surface area contributed by atoms with Gasteiger partial charge in [-0.15, -0.1) is 0 Å². The number of H-pyrrole nitrogens is 1. The zero-order chi connectivity index (χ0) is 23.2. The maximum atomic E-state index is 15.3. The van der Waals surface area contributed by atoms with Crippen molar-refractivity contribution in [1.29, 1.82) is 0 Å². The zero-order valence-corrected chi connectivity index (χ0v) is 19.0. The van der Waals surface area contributed by atoms with E-state index in [9.17, 15) is 4.79 Å². The number of aromatic nitrogens is 1. The zero-order valence-electron chi connectivity index (χ0n) is 17.5. The van der Waals surface area contributed by atoms with Crippen LogP contribution >= 0.6 is 23.2 Å². The second-order valence-corrected chi connectivity index (χ2v) is 8.48. The monoisotopic (exact) mass is 475 g/mol. The van der Waals surface area contributed by atoms with E-state index in [2.05, 4.69) is 20.0 Å². The van der Waals surface area contributed by atoms with Gasteiger partial charge in [0, 0.05) is 29.3 Å². The van der Waals surface area contributed by atoms with Crippen LogP contribution in [0.3, 0.4) is 0 Å². The highest BCUT2D eigenvalue weighted by Gasteiger charge is 2.37. The van der Waals surface area contributed by atoms with Gasteiger partial charge in [0.25, 0.3) is 0 Å². The third-order valence-electron chi connectivity index (χ3n) is 5.23. The van der Waals surface area contributed by atoms with Crippen molar-refractivity contribution in [2.24, 2.45) is 20.7 Å². The molecule has 0 saturated heterocycles. The second-order valence-electron chi connectivity index (χ2n) is 7.72. The molecule has 2 aliphatic rings. The molecule has 3 heterocycles. The highest BCUT2D eigenvalue weighted by molar-refractivity contribution is 6.35. The molecule has 0 amide bonds. The number of ether oxygens (including phenoxy) is 1. The summed E-state index contributed by atoms with van der Waals surface area (Å²) in [6.45, 7) is 5.56. The number of amidine groups is 1. The minimum Gasteiger partial charge on any atom is -0.490 e. The lowest BCUT2D eigenvalue weighted by Gasteiger charge is -2.25. The van der Waals surface area contributed by atoms with Crippen LogP contribution in [0.25, 0.3) is 11.1 Å². The number of hydrogen-bond acceptors (Lipinski definition) is 6. The predicted octanol–water partition coefficient (Wildman–Crippen LogP) is 4.40. The van der Waals surface area contributed by atoms with Gasteiger partial charge in [-0.2, -0.15) is 0 Å². The molecule has 1 aromatic heterocycles. The van der Waals surface area contributed by atoms with Crippen molar-refractivity contribution in [1.82, 2.24) is 4.98 Å². The fourth-order valence-corrected chi connectivity index (χ4v) is 4.26. The first-order valence-corrected chi connectivity index (χ1v) is 10.7. The normalized spacial score (nSPS) is 18.5. The number of nitrogens with zero attached hydrogens (tertiary/aromatic N) is 3. The summed E-state index contributed by atoms with van der Waals surface area (Å²) in [6, 6.07) is 3.85. The Balaban J connectivity index is 1.88. The number of pyridine rings is 1. The number of rotatable bonds is 5. The van der Waals surface area contributed by atoms with E-state index in [0.29, 0.717) is 28.2 Å². The molecule has 166 valence electrons. The Labute approximate surface area is 193 Å². The van der Waals surface area contributed by atoms with Crippen LogP contribution in [0.4, 0.5) is 4.39 Å². The van der Waals surface area contributed by atoms with Crippen LogP contribution in [-0.2, 0) is 0 Å². The fourth-order valence-electron chi connectivity index (χ4n) is 3.75. The number of hydrogen-bond donors (Lipinski definition) is 2. The summed E-state index contributed by atoms with van der Waals surface area (Å²) in [4.78, 5) is 27.0. The molecule has 3 N–H and O–H groups in total. The van der Waals surface area contributed by atoms with Gasteiger partial charge in [0.05, 0.1) is 28.0 Å². The molecule has 0 fully saturated rings. The first kappa shape index (κ1) is 22.2. The van der Waals surface area contributed by atoms with Crippen LogP contribution in [0, 0.1) is 5.82 Å². The molecule has 1 aromatic carbocycles. The molecular weight excluding hydrogens is 456 g/mol. The SMILES string of the molecule is CC(C)Oc1c([C@@H](C)C2=NC(Cl)=C3C(N)=NC=NC23)cc(Cl)c(F)c1-c1ccc(=O)[nH]c1. The lowest BCUT2D eigenvalue weighted by Crippen LogP contribution is -2.32. The number of nitrogens with two attached hydrogens (primary N) is 1. The molecule has 0 radical (unpaired) electrons. The average Bonchev–Trinajstić information content (AvgIpc) is 3.09. The topological polar surface area (TPSA) is 105 Å². The number of aliphatic imine (C=N–C) groups is 3. The van der Waals surface area contributed by atoms with E-state index in [1.807, 2.05) is 20.8 Å². The van der Waals surface area contributed by atoms with Crippen molar-refractivity contribution < 1.29 is 9.13 Å². The van der Waals surface area contributed by atoms with Crippen LogP contribution in [0.15, 0.2) is 54.9 Å². The molecule has 4 rings (SSSR count). The van der Waals surface area contributed by atoms with Gasteiger partial charge in [-0.05, 0) is 26.0 Å². The highest BCUT2D eigenvalue weighted by Crippen LogP contribution is 2.44. The van der Waals surface area contributed by atoms with Crippen LogP contribution in [0.2, 0.25) is 5.02 Å². The quantitative estimate of drug-likeness (QED) is 0.625. The predicted molar refractivity (Wildman–Crippen MR) is 126 cm³/mol. The summed E-state index contributed by atoms with van der Waals surface area (Å²) >= 11 is 12.6. The second kappa shape index (κ2) is 8.52. The van der Waals surface area contributed by atoms with E-state index in [1.165, 1.54) is 30.7 Å². The van der Waals surface area contributed by atoms with E-state index < -0.39 is 17.8 Å². The lowest BCUT2D eigenvalue weighted by atomic mass is 9.87. The van der Waals surface area contributed by atoms with Gasteiger partial charge in [0.2, 0.25) is 5.56 Å². The van der Waals surface area contributed by atoms with Crippen LogP contribution < -0.4 is 16.0 Å². The first-order chi connectivity index (χ1) is 15.2. The Morgan fingerprint density at radius 3 is 2.66 bits per heavy atom. The summed E-state index contributed by atoms with van der Waals surface area (Å²) in [5.74, 6) is -0.494. The summed E-state index contributed by atoms with van der Waals surface area (Å²) in [5.41, 5.74) is 8.00. The summed E-state index contributed by atoms with van der Waals surface area (Å²) in [6.07, 6.45) is 2.53. The molecule has 7 nitrogen and oxygen atoms in total. The average molecular weight is 476 g/mol. The third kappa shape index (κ3) is 3.84. The standard InChI is InChI=1S/C22H20Cl2FN5O2/c1-9(2)32-20-12(6-13(23)17(25)15(20)11-4-5-14(31)27-7-11)10(3)18-19-16(21(24)30-18)22(26)29-8-28-19/h4-10,19H,1-3H3,(H,27,31)(H2,26,28,29)/t10-,19?/m1/s1. The summed E-state index contributed by atoms with van der Waals surface area (Å²) in [7, 11) is 0. The minimum atomic E-state index is -0.650. The van der Waals surface area contributed by atoms with Gasteiger partial charge < -0.3 is 15.5 Å². The molecule has 10 heteroatoms. The largest absolute Gasteiger partial charge is 0.490 e. The van der Waals surface area contributed by atoms with Gasteiger partial charge in [0.1, 0.15) is 29.1 Å². The molecule has 1 unspecified atom stereocenters. The lowest BCUT2D eigenvalue weighted by molar-refractivity contribution is 0.240. The fraction of sp³-hybridized carbons (Fsp3) is 0.273. The van der Waals surface area contributed by atoms with Crippen molar-refractivity contribution in [3.05, 3.63) is 61.9 Å². The highest BCUT2D eigenvalue weighted by atomic mass is 35.5. The smallest absolute Gasteiger partial charge is 0.247 e. The van der Waals surface area contributed by atoms with Crippen molar-refractivity contribution in [2.75, 3.05) is 0 Å². The number of halogens is 3. The third-order valence-corrected chi connectivity index (χ3v) is 5.79. The molecule has 0 aliphatic carbocycles. The van der Waals surface area contributed by atoms with Crippen LogP contribution in [-0.4, -0.2) is 35.0 Å². The van der Waals surface area contributed by atoms with Gasteiger partial charge in [0.15, 0.2) is 5.82 Å². The Hall–Kier alpha value is -2.97. The maximum Gasteiger partial charge on any atom is 0.247 e. The van der Waals surface area contributed by atoms with Gasteiger partial charge >= 0.3 is 0 Å². The maximum absolute atomic E-state index is 15.3. The van der Waals surface area contributed by atoms with E-state index in [4.69, 9.17) is 33.7 Å². The van der Waals surface area contributed by atoms with Gasteiger partial charge in [-0.3, -0.25) is 9.79 Å². The van der Waals surface area contributed by atoms with E-state index in [-0.39, 0.29) is 33.2 Å². The molecule has 0 bridgehead atoms. The van der Waals surface area contributed by atoms with E-state index >= 15 is 4.39 Å². The first-order valence-electron chi connectivity index (χ1n) is 9.90. The number of fused-ring (bicyclic) bond motifs is 1. The van der Waals surface area contributed by atoms with Crippen molar-refractivity contribution >= 4 is 41.1 Å². The van der Waals surface area contributed by atoms with E-state index in [0.717, 1.165) is 0 Å². The molecule has 2 aromatic rings. The molecular formula is C22H20Cl2FN5O2. The van der Waals surface area contributed by atoms with E-state index in [1.54, 1.807) is 0 Å². The minimum absolute atomic E-state index is 0.0877. The molecule has 2 aliphatic heterocycles. The van der Waals surface area contributed by atoms with Crippen molar-refractivity contribution in [2.45, 2.75) is 38.8 Å². The van der Waals surface area contributed by atoms with Crippen molar-refractivity contribution in [3.8, 4) is 16.9 Å². The van der Waals surface area contributed by atoms with Crippen LogP contribution in [0.1, 0.15) is 32.3 Å². The molecule has 2 atom stereocenters. The van der Waals surface area contributed by atoms with Crippen molar-refractivity contribution in [3.63, 3.8) is 0 Å².